The maximum absolute atomic E-state index is 12.7. The highest BCUT2D eigenvalue weighted by molar-refractivity contribution is 6.30. The summed E-state index contributed by atoms with van der Waals surface area (Å²) in [6.45, 7) is 1.54. The van der Waals surface area contributed by atoms with Crippen LogP contribution in [0.2, 0.25) is 5.02 Å². The van der Waals surface area contributed by atoms with Crippen molar-refractivity contribution in [2.45, 2.75) is 12.5 Å². The fourth-order valence-electron chi connectivity index (χ4n) is 0.884. The maximum atomic E-state index is 12.7. The van der Waals surface area contributed by atoms with Crippen LogP contribution in [-0.2, 0) is 5.54 Å². The van der Waals surface area contributed by atoms with E-state index in [4.69, 9.17) is 22.6 Å². The second-order valence-electron chi connectivity index (χ2n) is 2.94. The van der Waals surface area contributed by atoms with E-state index in [-0.39, 0.29) is 5.02 Å². The van der Waals surface area contributed by atoms with Crippen LogP contribution in [0.25, 0.3) is 0 Å². The minimum absolute atomic E-state index is 0.0237. The number of nitriles is 1. The van der Waals surface area contributed by atoms with Crippen molar-refractivity contribution in [2.24, 2.45) is 5.73 Å². The average molecular weight is 199 g/mol. The van der Waals surface area contributed by atoms with Crippen molar-refractivity contribution in [2.75, 3.05) is 0 Å². The molecular weight excluding hydrogens is 191 g/mol. The third-order valence-electron chi connectivity index (χ3n) is 1.75. The molecule has 2 N–H and O–H groups in total. The van der Waals surface area contributed by atoms with Crippen molar-refractivity contribution in [3.05, 3.63) is 34.6 Å². The minimum atomic E-state index is -1.13. The molecule has 0 radical (unpaired) electrons. The van der Waals surface area contributed by atoms with Gasteiger partial charge in [-0.3, -0.25) is 0 Å². The summed E-state index contributed by atoms with van der Waals surface area (Å²) in [5.41, 5.74) is 4.99. The highest BCUT2D eigenvalue weighted by Crippen LogP contribution is 2.22. The van der Waals surface area contributed by atoms with Gasteiger partial charge >= 0.3 is 0 Å². The molecule has 1 aromatic rings. The molecule has 1 rings (SSSR count). The van der Waals surface area contributed by atoms with Gasteiger partial charge in [-0.15, -0.1) is 0 Å². The van der Waals surface area contributed by atoms with E-state index in [9.17, 15) is 4.39 Å². The Kier molecular flexibility index (Phi) is 2.55. The first kappa shape index (κ1) is 9.97. The summed E-state index contributed by atoms with van der Waals surface area (Å²) < 4.78 is 12.7. The molecule has 1 unspecified atom stereocenters. The molecule has 0 aromatic heterocycles. The van der Waals surface area contributed by atoms with Crippen molar-refractivity contribution in [1.29, 1.82) is 5.26 Å². The lowest BCUT2D eigenvalue weighted by Crippen LogP contribution is -2.30. The average Bonchev–Trinajstić information content (AvgIpc) is 2.09. The van der Waals surface area contributed by atoms with E-state index in [0.717, 1.165) is 0 Å². The molecule has 1 aromatic carbocycles. The summed E-state index contributed by atoms with van der Waals surface area (Å²) in [5, 5.41) is 8.67. The predicted molar refractivity (Wildman–Crippen MR) is 48.6 cm³/mol. The lowest BCUT2D eigenvalue weighted by molar-refractivity contribution is 0.616. The van der Waals surface area contributed by atoms with E-state index < -0.39 is 11.4 Å². The molecule has 0 spiro atoms. The third kappa shape index (κ3) is 1.97. The summed E-state index contributed by atoms with van der Waals surface area (Å²) in [6.07, 6.45) is 0. The number of rotatable bonds is 1. The van der Waals surface area contributed by atoms with Gasteiger partial charge in [0.05, 0.1) is 11.1 Å². The molecule has 0 aliphatic heterocycles. The second-order valence-corrected chi connectivity index (χ2v) is 3.35. The molecule has 0 amide bonds. The molecule has 13 heavy (non-hydrogen) atoms. The van der Waals surface area contributed by atoms with E-state index in [1.807, 2.05) is 6.07 Å². The highest BCUT2D eigenvalue weighted by atomic mass is 35.5. The maximum Gasteiger partial charge on any atom is 0.141 e. The zero-order valence-corrected chi connectivity index (χ0v) is 7.77. The van der Waals surface area contributed by atoms with Crippen molar-refractivity contribution in [1.82, 2.24) is 0 Å². The van der Waals surface area contributed by atoms with Gasteiger partial charge < -0.3 is 5.73 Å². The first-order valence-electron chi connectivity index (χ1n) is 3.63. The smallest absolute Gasteiger partial charge is 0.141 e. The second kappa shape index (κ2) is 3.33. The first-order valence-corrected chi connectivity index (χ1v) is 4.01. The predicted octanol–water partition coefficient (Wildman–Crippen LogP) is 2.18. The number of hydrogen-bond acceptors (Lipinski definition) is 2. The summed E-state index contributed by atoms with van der Waals surface area (Å²) in [6, 6.07) is 5.91. The lowest BCUT2D eigenvalue weighted by atomic mass is 9.95. The van der Waals surface area contributed by atoms with Gasteiger partial charge in [0.2, 0.25) is 0 Å². The molecule has 68 valence electrons. The van der Waals surface area contributed by atoms with Crippen LogP contribution in [0.1, 0.15) is 12.5 Å². The summed E-state index contributed by atoms with van der Waals surface area (Å²) >= 11 is 5.54. The van der Waals surface area contributed by atoms with Crippen molar-refractivity contribution in [3.8, 4) is 6.07 Å². The molecule has 2 nitrogen and oxygen atoms in total. The number of nitrogens with zero attached hydrogens (tertiary/aromatic N) is 1. The van der Waals surface area contributed by atoms with E-state index in [1.165, 1.54) is 25.1 Å². The highest BCUT2D eigenvalue weighted by Gasteiger charge is 2.20. The zero-order valence-electron chi connectivity index (χ0n) is 7.01. The van der Waals surface area contributed by atoms with Gasteiger partial charge in [-0.25, -0.2) is 4.39 Å². The van der Waals surface area contributed by atoms with Gasteiger partial charge in [0, 0.05) is 0 Å². The first-order chi connectivity index (χ1) is 5.97. The minimum Gasteiger partial charge on any atom is -0.310 e. The Balaban J connectivity index is 3.20. The summed E-state index contributed by atoms with van der Waals surface area (Å²) in [5.74, 6) is -0.515. The van der Waals surface area contributed by atoms with Gasteiger partial charge in [-0.2, -0.15) is 5.26 Å². The van der Waals surface area contributed by atoms with Crippen LogP contribution in [-0.4, -0.2) is 0 Å². The Morgan fingerprint density at radius 1 is 1.62 bits per heavy atom. The standard InChI is InChI=1S/C9H8ClFN2/c1-9(13,5-12)6-2-3-8(11)7(10)4-6/h2-4H,13H2,1H3. The van der Waals surface area contributed by atoms with Crippen LogP contribution in [0.5, 0.6) is 0 Å². The molecule has 0 saturated carbocycles. The largest absolute Gasteiger partial charge is 0.310 e. The molecule has 0 bridgehead atoms. The Bertz CT molecular complexity index is 368. The molecule has 0 saturated heterocycles. The van der Waals surface area contributed by atoms with Crippen molar-refractivity contribution >= 4 is 11.6 Å². The molecule has 0 aliphatic carbocycles. The fraction of sp³-hybridized carbons (Fsp3) is 0.222. The van der Waals surface area contributed by atoms with Crippen LogP contribution in [0, 0.1) is 17.1 Å². The zero-order chi connectivity index (χ0) is 10.1. The van der Waals surface area contributed by atoms with Gasteiger partial charge in [0.15, 0.2) is 0 Å². The quantitative estimate of drug-likeness (QED) is 0.752. The van der Waals surface area contributed by atoms with Crippen LogP contribution in [0.4, 0.5) is 4.39 Å². The van der Waals surface area contributed by atoms with Gasteiger partial charge in [0.25, 0.3) is 0 Å². The van der Waals surface area contributed by atoms with E-state index in [0.29, 0.717) is 5.56 Å². The van der Waals surface area contributed by atoms with Gasteiger partial charge in [0.1, 0.15) is 11.4 Å². The number of nitrogens with two attached hydrogens (primary N) is 1. The Labute approximate surface area is 80.7 Å². The SMILES string of the molecule is CC(N)(C#N)c1ccc(F)c(Cl)c1. The van der Waals surface area contributed by atoms with E-state index in [2.05, 4.69) is 0 Å². The van der Waals surface area contributed by atoms with Crippen molar-refractivity contribution in [3.63, 3.8) is 0 Å². The van der Waals surface area contributed by atoms with Crippen LogP contribution in [0.3, 0.4) is 0 Å². The Morgan fingerprint density at radius 3 is 2.69 bits per heavy atom. The van der Waals surface area contributed by atoms with E-state index >= 15 is 0 Å². The number of halogens is 2. The van der Waals surface area contributed by atoms with E-state index in [1.54, 1.807) is 0 Å². The summed E-state index contributed by atoms with van der Waals surface area (Å²) in [4.78, 5) is 0. The monoisotopic (exact) mass is 198 g/mol. The number of benzene rings is 1. The Morgan fingerprint density at radius 2 is 2.23 bits per heavy atom. The normalized spacial score (nSPS) is 14.7. The molecule has 0 fully saturated rings. The molecule has 0 heterocycles. The Hall–Kier alpha value is -1.11. The van der Waals surface area contributed by atoms with Gasteiger partial charge in [-0.1, -0.05) is 17.7 Å². The third-order valence-corrected chi connectivity index (χ3v) is 2.04. The van der Waals surface area contributed by atoms with Crippen LogP contribution in [0.15, 0.2) is 18.2 Å². The lowest BCUT2D eigenvalue weighted by Gasteiger charge is -2.15. The molecule has 4 heteroatoms. The molecular formula is C9H8ClFN2. The fourth-order valence-corrected chi connectivity index (χ4v) is 1.06. The number of hydrogen-bond donors (Lipinski definition) is 1. The molecule has 1 atom stereocenters. The molecule has 0 aliphatic rings. The van der Waals surface area contributed by atoms with Crippen LogP contribution < -0.4 is 5.73 Å². The summed E-state index contributed by atoms with van der Waals surface area (Å²) in [7, 11) is 0. The topological polar surface area (TPSA) is 49.8 Å². The van der Waals surface area contributed by atoms with Crippen molar-refractivity contribution < 1.29 is 4.39 Å². The van der Waals surface area contributed by atoms with Gasteiger partial charge in [-0.05, 0) is 24.6 Å². The van der Waals surface area contributed by atoms with Crippen LogP contribution >= 0.6 is 11.6 Å².